The fourth-order valence-electron chi connectivity index (χ4n) is 6.78. The maximum atomic E-state index is 14.2. The van der Waals surface area contributed by atoms with E-state index < -0.39 is 10.8 Å². The van der Waals surface area contributed by atoms with Crippen LogP contribution >= 0.6 is 0 Å². The van der Waals surface area contributed by atoms with Crippen LogP contribution in [0.25, 0.3) is 11.6 Å². The molecule has 1 heterocycles. The molecule has 2 amide bonds. The lowest BCUT2D eigenvalue weighted by Crippen LogP contribution is -2.73. The van der Waals surface area contributed by atoms with E-state index in [0.29, 0.717) is 0 Å². The molecule has 1 saturated carbocycles. The van der Waals surface area contributed by atoms with Gasteiger partial charge in [-0.15, -0.1) is 0 Å². The third-order valence-electron chi connectivity index (χ3n) is 7.71. The Hall–Kier alpha value is -2.94. The first-order chi connectivity index (χ1) is 14.0. The van der Waals surface area contributed by atoms with Crippen molar-refractivity contribution in [1.82, 2.24) is 4.90 Å². The van der Waals surface area contributed by atoms with Gasteiger partial charge in [0.15, 0.2) is 0 Å². The molecule has 4 atom stereocenters. The number of amides is 2. The summed E-state index contributed by atoms with van der Waals surface area (Å²) >= 11 is 0. The van der Waals surface area contributed by atoms with Crippen LogP contribution in [0, 0.1) is 11.8 Å². The van der Waals surface area contributed by atoms with Gasteiger partial charge in [-0.1, -0.05) is 66.8 Å². The Morgan fingerprint density at radius 3 is 2.21 bits per heavy atom. The summed E-state index contributed by atoms with van der Waals surface area (Å²) in [6.45, 7) is 6.00. The molecule has 2 spiro atoms. The summed E-state index contributed by atoms with van der Waals surface area (Å²) in [5.74, 6) is -0.0542. The number of nitrogens with zero attached hydrogens (tertiary/aromatic N) is 1. The van der Waals surface area contributed by atoms with Gasteiger partial charge in [0.05, 0.1) is 0 Å². The summed E-state index contributed by atoms with van der Waals surface area (Å²) in [4.78, 5) is 29.8. The van der Waals surface area contributed by atoms with Crippen molar-refractivity contribution in [1.29, 1.82) is 0 Å². The van der Waals surface area contributed by atoms with E-state index in [1.165, 1.54) is 5.57 Å². The molecular weight excluding hydrogens is 358 g/mol. The standard InChI is InChI=1S/C26H23NO2/c1-15(2)27-23(28)25-19-10-6-4-8-17(19)12-13-21(25)22-14-16(3)18-9-5-7-11-20(18)26(22,25)24(27)29/h4-15,21-22H,1-3H3. The molecule has 1 aliphatic heterocycles. The number of allylic oxidation sites excluding steroid dienone is 3. The van der Waals surface area contributed by atoms with Crippen LogP contribution in [-0.4, -0.2) is 22.8 Å². The second-order valence-electron chi connectivity index (χ2n) is 9.08. The number of likely N-dealkylation sites (tertiary alicyclic amines) is 1. The molecule has 29 heavy (non-hydrogen) atoms. The lowest BCUT2D eigenvalue weighted by Gasteiger charge is -2.65. The Kier molecular flexibility index (Phi) is 3.01. The predicted octanol–water partition coefficient (Wildman–Crippen LogP) is 4.33. The predicted molar refractivity (Wildman–Crippen MR) is 113 cm³/mol. The van der Waals surface area contributed by atoms with Gasteiger partial charge in [0.1, 0.15) is 10.8 Å². The molecule has 0 aromatic heterocycles. The first kappa shape index (κ1) is 17.0. The summed E-state index contributed by atoms with van der Waals surface area (Å²) < 4.78 is 0. The van der Waals surface area contributed by atoms with E-state index in [-0.39, 0.29) is 29.7 Å². The maximum absolute atomic E-state index is 14.2. The van der Waals surface area contributed by atoms with E-state index in [1.54, 1.807) is 4.90 Å². The van der Waals surface area contributed by atoms with Crippen LogP contribution in [0.15, 0.2) is 60.7 Å². The van der Waals surface area contributed by atoms with Crippen LogP contribution < -0.4 is 0 Å². The number of fused-ring (bicyclic) bond motifs is 3. The molecule has 2 aromatic carbocycles. The van der Waals surface area contributed by atoms with Gasteiger partial charge < -0.3 is 0 Å². The third-order valence-corrected chi connectivity index (χ3v) is 7.71. The molecule has 3 nitrogen and oxygen atoms in total. The van der Waals surface area contributed by atoms with Gasteiger partial charge in [-0.25, -0.2) is 0 Å². The monoisotopic (exact) mass is 381 g/mol. The number of hydrogen-bond donors (Lipinski definition) is 0. The number of rotatable bonds is 1. The van der Waals surface area contributed by atoms with E-state index in [2.05, 4.69) is 49.4 Å². The molecule has 4 aliphatic rings. The van der Waals surface area contributed by atoms with Crippen molar-refractivity contribution < 1.29 is 9.59 Å². The number of carbonyl (C=O) groups is 2. The number of imide groups is 1. The van der Waals surface area contributed by atoms with Crippen LogP contribution in [0.1, 0.15) is 43.0 Å². The van der Waals surface area contributed by atoms with E-state index in [1.807, 2.05) is 38.1 Å². The molecule has 0 N–H and O–H groups in total. The Morgan fingerprint density at radius 2 is 1.48 bits per heavy atom. The lowest BCUT2D eigenvalue weighted by molar-refractivity contribution is -0.142. The van der Waals surface area contributed by atoms with Crippen LogP contribution in [0.3, 0.4) is 0 Å². The molecule has 3 aliphatic carbocycles. The zero-order chi connectivity index (χ0) is 20.1. The number of benzene rings is 2. The largest absolute Gasteiger partial charge is 0.278 e. The van der Waals surface area contributed by atoms with E-state index >= 15 is 0 Å². The third kappa shape index (κ3) is 1.54. The van der Waals surface area contributed by atoms with E-state index in [4.69, 9.17) is 0 Å². The average Bonchev–Trinajstić information content (AvgIpc) is 2.86. The van der Waals surface area contributed by atoms with Crippen LogP contribution in [0.4, 0.5) is 0 Å². The SMILES string of the molecule is CC1=CC2C3C=Cc4ccccc4C34C(=O)N(C(C)C)C(=O)C24c2ccccc21. The van der Waals surface area contributed by atoms with Gasteiger partial charge >= 0.3 is 0 Å². The Bertz CT molecular complexity index is 1170. The quantitative estimate of drug-likeness (QED) is 0.690. The minimum absolute atomic E-state index is 0.000839. The first-order valence-corrected chi connectivity index (χ1v) is 10.4. The van der Waals surface area contributed by atoms with Gasteiger partial charge in [0.25, 0.3) is 0 Å². The summed E-state index contributed by atoms with van der Waals surface area (Å²) in [5.41, 5.74) is 3.67. The van der Waals surface area contributed by atoms with Crippen molar-refractivity contribution in [2.24, 2.45) is 11.8 Å². The Balaban J connectivity index is 1.77. The van der Waals surface area contributed by atoms with Crippen molar-refractivity contribution >= 4 is 23.5 Å². The first-order valence-electron chi connectivity index (χ1n) is 10.4. The van der Waals surface area contributed by atoms with Crippen LogP contribution in [0.2, 0.25) is 0 Å². The number of hydrogen-bond acceptors (Lipinski definition) is 2. The van der Waals surface area contributed by atoms with Crippen LogP contribution in [-0.2, 0) is 20.4 Å². The second kappa shape index (κ2) is 5.15. The zero-order valence-corrected chi connectivity index (χ0v) is 16.8. The summed E-state index contributed by atoms with van der Waals surface area (Å²) in [7, 11) is 0. The van der Waals surface area contributed by atoms with Crippen LogP contribution in [0.5, 0.6) is 0 Å². The molecule has 0 bridgehead atoms. The molecule has 6 rings (SSSR count). The Morgan fingerprint density at radius 1 is 0.862 bits per heavy atom. The fourth-order valence-corrected chi connectivity index (χ4v) is 6.78. The minimum Gasteiger partial charge on any atom is -0.278 e. The van der Waals surface area contributed by atoms with Crippen molar-refractivity contribution in [3.8, 4) is 0 Å². The van der Waals surface area contributed by atoms with Gasteiger partial charge in [-0.3, -0.25) is 14.5 Å². The Labute approximate surface area is 170 Å². The molecule has 3 heteroatoms. The molecule has 4 unspecified atom stereocenters. The van der Waals surface area contributed by atoms with Crippen molar-refractivity contribution in [2.45, 2.75) is 37.6 Å². The molecule has 1 saturated heterocycles. The van der Waals surface area contributed by atoms with Crippen molar-refractivity contribution in [3.63, 3.8) is 0 Å². The average molecular weight is 381 g/mol. The van der Waals surface area contributed by atoms with E-state index in [9.17, 15) is 9.59 Å². The van der Waals surface area contributed by atoms with Gasteiger partial charge in [0.2, 0.25) is 11.8 Å². The zero-order valence-electron chi connectivity index (χ0n) is 16.8. The van der Waals surface area contributed by atoms with Gasteiger partial charge in [-0.05, 0) is 48.6 Å². The molecule has 2 fully saturated rings. The minimum atomic E-state index is -0.851. The highest BCUT2D eigenvalue weighted by Crippen LogP contribution is 2.74. The smallest absolute Gasteiger partial charge is 0.242 e. The fraction of sp³-hybridized carbons (Fsp3) is 0.308. The summed E-state index contributed by atoms with van der Waals surface area (Å²) in [6.07, 6.45) is 6.56. The van der Waals surface area contributed by atoms with E-state index in [0.717, 1.165) is 22.3 Å². The summed E-state index contributed by atoms with van der Waals surface area (Å²) in [6, 6.07) is 16.1. The highest BCUT2D eigenvalue weighted by Gasteiger charge is 2.85. The highest BCUT2D eigenvalue weighted by molar-refractivity contribution is 6.20. The molecule has 0 radical (unpaired) electrons. The molecule has 144 valence electrons. The van der Waals surface area contributed by atoms with Gasteiger partial charge in [-0.2, -0.15) is 0 Å². The molecular formula is C26H23NO2. The second-order valence-corrected chi connectivity index (χ2v) is 9.08. The highest BCUT2D eigenvalue weighted by atomic mass is 16.2. The lowest BCUT2D eigenvalue weighted by atomic mass is 9.33. The van der Waals surface area contributed by atoms with Gasteiger partial charge in [0, 0.05) is 17.9 Å². The number of carbonyl (C=O) groups excluding carboxylic acids is 2. The topological polar surface area (TPSA) is 37.4 Å². The maximum Gasteiger partial charge on any atom is 0.242 e. The molecule has 2 aromatic rings. The summed E-state index contributed by atoms with van der Waals surface area (Å²) in [5, 5.41) is 0. The normalized spacial score (nSPS) is 33.4. The van der Waals surface area contributed by atoms with Crippen molar-refractivity contribution in [2.75, 3.05) is 0 Å². The van der Waals surface area contributed by atoms with Crippen molar-refractivity contribution in [3.05, 3.63) is 82.9 Å².